The number of hydrogen-bond donors (Lipinski definition) is 0. The Hall–Kier alpha value is -1.69. The molecule has 0 aliphatic carbocycles. The van der Waals surface area contributed by atoms with Gasteiger partial charge in [0.2, 0.25) is 0 Å². The first kappa shape index (κ1) is 13.7. The van der Waals surface area contributed by atoms with Gasteiger partial charge >= 0.3 is 0 Å². The molecule has 0 amide bonds. The fraction of sp³-hybridized carbons (Fsp3) is 0.615. The van der Waals surface area contributed by atoms with Gasteiger partial charge in [-0.05, 0) is 39.4 Å². The first-order valence-corrected chi connectivity index (χ1v) is 6.48. The first-order valence-electron chi connectivity index (χ1n) is 6.48. The topological polar surface area (TPSA) is 62.5 Å². The van der Waals surface area contributed by atoms with E-state index in [1.807, 2.05) is 6.07 Å². The van der Waals surface area contributed by atoms with Gasteiger partial charge in [-0.15, -0.1) is 0 Å². The van der Waals surface area contributed by atoms with Crippen LogP contribution >= 0.6 is 0 Å². The summed E-state index contributed by atoms with van der Waals surface area (Å²) in [5.74, 6) is 1.50. The predicted octanol–water partition coefficient (Wildman–Crippen LogP) is 1.69. The van der Waals surface area contributed by atoms with Gasteiger partial charge in [0.1, 0.15) is 12.0 Å². The predicted molar refractivity (Wildman–Crippen MR) is 74.5 cm³/mol. The number of aryl methyl sites for hydroxylation is 1. The Labute approximate surface area is 113 Å². The number of rotatable bonds is 4. The lowest BCUT2D eigenvalue weighted by molar-refractivity contribution is -0.385. The van der Waals surface area contributed by atoms with Gasteiger partial charge in [-0.25, -0.2) is 4.98 Å². The van der Waals surface area contributed by atoms with Gasteiger partial charge in [0.15, 0.2) is 0 Å². The summed E-state index contributed by atoms with van der Waals surface area (Å²) >= 11 is 0. The second kappa shape index (κ2) is 5.52. The molecule has 1 fully saturated rings. The molecule has 1 aliphatic rings. The third-order valence-corrected chi connectivity index (χ3v) is 3.50. The van der Waals surface area contributed by atoms with E-state index in [9.17, 15) is 10.1 Å². The molecule has 1 aliphatic heterocycles. The van der Waals surface area contributed by atoms with E-state index in [0.717, 1.165) is 31.9 Å². The van der Waals surface area contributed by atoms with Gasteiger partial charge in [-0.3, -0.25) is 10.1 Å². The third-order valence-electron chi connectivity index (χ3n) is 3.50. The maximum atomic E-state index is 10.8. The van der Waals surface area contributed by atoms with Gasteiger partial charge in [0, 0.05) is 25.2 Å². The molecule has 1 aromatic rings. The van der Waals surface area contributed by atoms with Crippen LogP contribution in [0.2, 0.25) is 0 Å². The molecular formula is C13H20N4O2. The Balaban J connectivity index is 2.07. The van der Waals surface area contributed by atoms with Crippen LogP contribution in [0.5, 0.6) is 0 Å². The largest absolute Gasteiger partial charge is 0.356 e. The summed E-state index contributed by atoms with van der Waals surface area (Å²) in [6, 6.07) is 1.82. The van der Waals surface area contributed by atoms with Gasteiger partial charge in [-0.1, -0.05) is 0 Å². The van der Waals surface area contributed by atoms with Crippen molar-refractivity contribution in [1.82, 2.24) is 9.88 Å². The number of anilines is 1. The van der Waals surface area contributed by atoms with E-state index in [0.29, 0.717) is 11.5 Å². The molecular weight excluding hydrogens is 244 g/mol. The van der Waals surface area contributed by atoms with E-state index in [4.69, 9.17) is 0 Å². The highest BCUT2D eigenvalue weighted by Gasteiger charge is 2.24. The molecule has 2 rings (SSSR count). The van der Waals surface area contributed by atoms with E-state index in [1.165, 1.54) is 6.20 Å². The molecule has 6 heteroatoms. The molecule has 2 heterocycles. The van der Waals surface area contributed by atoms with E-state index in [2.05, 4.69) is 28.9 Å². The summed E-state index contributed by atoms with van der Waals surface area (Å²) in [6.07, 6.45) is 2.51. The average Bonchev–Trinajstić information content (AvgIpc) is 2.75. The van der Waals surface area contributed by atoms with Crippen LogP contribution in [0.15, 0.2) is 12.3 Å². The summed E-state index contributed by atoms with van der Waals surface area (Å²) < 4.78 is 0. The fourth-order valence-electron chi connectivity index (χ4n) is 2.60. The van der Waals surface area contributed by atoms with Crippen LogP contribution in [0, 0.1) is 23.0 Å². The monoisotopic (exact) mass is 264 g/mol. The molecule has 104 valence electrons. The number of pyridine rings is 1. The second-order valence-corrected chi connectivity index (χ2v) is 5.45. The number of nitro groups is 1. The van der Waals surface area contributed by atoms with Crippen LogP contribution in [0.4, 0.5) is 11.5 Å². The van der Waals surface area contributed by atoms with Gasteiger partial charge in [0.05, 0.1) is 4.92 Å². The van der Waals surface area contributed by atoms with Crippen LogP contribution in [0.1, 0.15) is 12.0 Å². The molecule has 19 heavy (non-hydrogen) atoms. The molecule has 1 atom stereocenters. The second-order valence-electron chi connectivity index (χ2n) is 5.45. The Morgan fingerprint density at radius 1 is 1.58 bits per heavy atom. The van der Waals surface area contributed by atoms with Crippen LogP contribution in [0.3, 0.4) is 0 Å². The van der Waals surface area contributed by atoms with E-state index in [-0.39, 0.29) is 10.6 Å². The molecule has 0 saturated carbocycles. The highest BCUT2D eigenvalue weighted by atomic mass is 16.6. The summed E-state index contributed by atoms with van der Waals surface area (Å²) in [6.45, 7) is 4.78. The minimum Gasteiger partial charge on any atom is -0.356 e. The minimum atomic E-state index is -0.384. The Bertz CT molecular complexity index is 476. The molecule has 1 aromatic heterocycles. The van der Waals surface area contributed by atoms with Crippen molar-refractivity contribution in [2.75, 3.05) is 38.6 Å². The third kappa shape index (κ3) is 3.20. The summed E-state index contributed by atoms with van der Waals surface area (Å²) in [7, 11) is 4.16. The quantitative estimate of drug-likeness (QED) is 0.611. The van der Waals surface area contributed by atoms with Gasteiger partial charge in [-0.2, -0.15) is 0 Å². The van der Waals surface area contributed by atoms with Gasteiger partial charge in [0.25, 0.3) is 5.69 Å². The highest BCUT2D eigenvalue weighted by molar-refractivity contribution is 5.49. The van der Waals surface area contributed by atoms with Crippen molar-refractivity contribution in [2.45, 2.75) is 13.3 Å². The average molecular weight is 264 g/mol. The summed E-state index contributed by atoms with van der Waals surface area (Å²) in [5.41, 5.74) is 0.763. The van der Waals surface area contributed by atoms with Crippen molar-refractivity contribution in [2.24, 2.45) is 5.92 Å². The highest BCUT2D eigenvalue weighted by Crippen LogP contribution is 2.26. The first-order chi connectivity index (χ1) is 8.97. The van der Waals surface area contributed by atoms with Crippen LogP contribution in [0.25, 0.3) is 0 Å². The van der Waals surface area contributed by atoms with Crippen LogP contribution < -0.4 is 4.90 Å². The lowest BCUT2D eigenvalue weighted by Crippen LogP contribution is -2.26. The number of hydrogen-bond acceptors (Lipinski definition) is 5. The van der Waals surface area contributed by atoms with Crippen molar-refractivity contribution in [3.8, 4) is 0 Å². The lowest BCUT2D eigenvalue weighted by Gasteiger charge is -2.19. The van der Waals surface area contributed by atoms with Crippen molar-refractivity contribution in [3.05, 3.63) is 27.9 Å². The Kier molecular flexibility index (Phi) is 3.99. The fourth-order valence-corrected chi connectivity index (χ4v) is 2.60. The maximum absolute atomic E-state index is 10.8. The lowest BCUT2D eigenvalue weighted by atomic mass is 10.1. The van der Waals surface area contributed by atoms with E-state index in [1.54, 1.807) is 6.92 Å². The van der Waals surface area contributed by atoms with Gasteiger partial charge < -0.3 is 9.80 Å². The molecule has 0 N–H and O–H groups in total. The molecule has 0 spiro atoms. The van der Waals surface area contributed by atoms with Crippen molar-refractivity contribution >= 4 is 11.5 Å². The SMILES string of the molecule is Cc1cc(N2CCC(CN(C)C)C2)ncc1[N+](=O)[O-]. The van der Waals surface area contributed by atoms with E-state index < -0.39 is 0 Å². The van der Waals surface area contributed by atoms with Crippen molar-refractivity contribution in [1.29, 1.82) is 0 Å². The Morgan fingerprint density at radius 2 is 2.32 bits per heavy atom. The minimum absolute atomic E-state index is 0.0905. The van der Waals surface area contributed by atoms with E-state index >= 15 is 0 Å². The molecule has 6 nitrogen and oxygen atoms in total. The zero-order valence-corrected chi connectivity index (χ0v) is 11.7. The Morgan fingerprint density at radius 3 is 2.89 bits per heavy atom. The standard InChI is InChI=1S/C13H20N4O2/c1-10-6-13(14-7-12(10)17(18)19)16-5-4-11(9-16)8-15(2)3/h6-7,11H,4-5,8-9H2,1-3H3. The van der Waals surface area contributed by atoms with Crippen LogP contribution in [-0.2, 0) is 0 Å². The molecule has 0 bridgehead atoms. The van der Waals surface area contributed by atoms with Crippen LogP contribution in [-0.4, -0.2) is 48.5 Å². The normalized spacial score (nSPS) is 19.2. The number of aromatic nitrogens is 1. The number of nitrogens with zero attached hydrogens (tertiary/aromatic N) is 4. The summed E-state index contributed by atoms with van der Waals surface area (Å²) in [5, 5.41) is 10.8. The summed E-state index contributed by atoms with van der Waals surface area (Å²) in [4.78, 5) is 19.0. The maximum Gasteiger partial charge on any atom is 0.290 e. The molecule has 0 radical (unpaired) electrons. The molecule has 1 unspecified atom stereocenters. The molecule has 0 aromatic carbocycles. The van der Waals surface area contributed by atoms with Crippen molar-refractivity contribution in [3.63, 3.8) is 0 Å². The smallest absolute Gasteiger partial charge is 0.290 e. The molecule has 1 saturated heterocycles. The zero-order valence-electron chi connectivity index (χ0n) is 11.7. The zero-order chi connectivity index (χ0) is 14.0. The van der Waals surface area contributed by atoms with Crippen molar-refractivity contribution < 1.29 is 4.92 Å².